The summed E-state index contributed by atoms with van der Waals surface area (Å²) >= 11 is 0. The average molecular weight is 402 g/mol. The Hall–Kier alpha value is -3.40. The number of halogens is 1. The number of allylic oxidation sites excluding steroid dienone is 1. The van der Waals surface area contributed by atoms with Crippen LogP contribution < -0.4 is 9.47 Å². The summed E-state index contributed by atoms with van der Waals surface area (Å²) < 4.78 is 24.9. The monoisotopic (exact) mass is 402 g/mol. The summed E-state index contributed by atoms with van der Waals surface area (Å²) in [6, 6.07) is 17.8. The summed E-state index contributed by atoms with van der Waals surface area (Å²) in [4.78, 5) is 12.8. The second-order valence-electron chi connectivity index (χ2n) is 7.74. The van der Waals surface area contributed by atoms with Gasteiger partial charge in [0.1, 0.15) is 23.9 Å². The third kappa shape index (κ3) is 3.99. The molecule has 1 heterocycles. The minimum absolute atomic E-state index is 0.133. The van der Waals surface area contributed by atoms with Gasteiger partial charge in [0.2, 0.25) is 5.78 Å². The highest BCUT2D eigenvalue weighted by Gasteiger charge is 2.30. The SMILES string of the molecule is Cc1c(OCc2ccc(F)cc2)ccc2c1O/C(=C\c1ccc(C(C)C)cc1)C2=O. The second kappa shape index (κ2) is 8.15. The van der Waals surface area contributed by atoms with Crippen molar-refractivity contribution in [3.05, 3.63) is 100 Å². The summed E-state index contributed by atoms with van der Waals surface area (Å²) in [5.41, 5.74) is 4.32. The first-order valence-electron chi connectivity index (χ1n) is 9.97. The Labute approximate surface area is 175 Å². The molecule has 0 atom stereocenters. The van der Waals surface area contributed by atoms with E-state index < -0.39 is 0 Å². The lowest BCUT2D eigenvalue weighted by molar-refractivity contribution is 0.101. The molecule has 30 heavy (non-hydrogen) atoms. The van der Waals surface area contributed by atoms with Gasteiger partial charge in [0.05, 0.1) is 5.56 Å². The smallest absolute Gasteiger partial charge is 0.231 e. The van der Waals surface area contributed by atoms with Crippen molar-refractivity contribution in [3.8, 4) is 11.5 Å². The molecule has 3 aromatic rings. The van der Waals surface area contributed by atoms with Crippen LogP contribution in [-0.2, 0) is 6.61 Å². The van der Waals surface area contributed by atoms with Crippen LogP contribution in [0.5, 0.6) is 11.5 Å². The predicted molar refractivity (Wildman–Crippen MR) is 115 cm³/mol. The average Bonchev–Trinajstić information content (AvgIpc) is 3.05. The zero-order valence-corrected chi connectivity index (χ0v) is 17.2. The molecule has 0 amide bonds. The minimum atomic E-state index is -0.280. The standard InChI is InChI=1S/C26H23FO3/c1-16(2)20-8-4-18(5-9-20)14-24-25(28)22-12-13-23(17(3)26(22)30-24)29-15-19-6-10-21(27)11-7-19/h4-14,16H,15H2,1-3H3/b24-14-. The van der Waals surface area contributed by atoms with Crippen molar-refractivity contribution in [2.45, 2.75) is 33.3 Å². The maximum atomic E-state index is 13.1. The third-order valence-electron chi connectivity index (χ3n) is 5.25. The number of ether oxygens (including phenoxy) is 2. The number of hydrogen-bond donors (Lipinski definition) is 0. The predicted octanol–water partition coefficient (Wildman–Crippen LogP) is 6.45. The van der Waals surface area contributed by atoms with Crippen LogP contribution in [0, 0.1) is 12.7 Å². The van der Waals surface area contributed by atoms with E-state index >= 15 is 0 Å². The van der Waals surface area contributed by atoms with Gasteiger partial charge in [0.15, 0.2) is 5.76 Å². The Balaban J connectivity index is 1.53. The molecule has 1 aliphatic heterocycles. The second-order valence-corrected chi connectivity index (χ2v) is 7.74. The van der Waals surface area contributed by atoms with E-state index in [0.29, 0.717) is 35.3 Å². The number of Topliss-reactive ketones (excluding diaryl/α,β-unsaturated/α-hetero) is 1. The molecule has 0 bridgehead atoms. The molecule has 0 spiro atoms. The Bertz CT molecular complexity index is 1110. The summed E-state index contributed by atoms with van der Waals surface area (Å²) in [5.74, 6) is 1.51. The highest BCUT2D eigenvalue weighted by Crippen LogP contribution is 2.39. The topological polar surface area (TPSA) is 35.5 Å². The molecule has 0 fully saturated rings. The fourth-order valence-electron chi connectivity index (χ4n) is 3.39. The normalized spacial score (nSPS) is 14.2. The molecule has 3 aromatic carbocycles. The van der Waals surface area contributed by atoms with Crippen molar-refractivity contribution < 1.29 is 18.7 Å². The van der Waals surface area contributed by atoms with Gasteiger partial charge < -0.3 is 9.47 Å². The fourth-order valence-corrected chi connectivity index (χ4v) is 3.39. The fraction of sp³-hybridized carbons (Fsp3) is 0.192. The molecule has 0 unspecified atom stereocenters. The Morgan fingerprint density at radius 2 is 1.70 bits per heavy atom. The molecule has 1 aliphatic rings. The van der Waals surface area contributed by atoms with Gasteiger partial charge in [-0.3, -0.25) is 4.79 Å². The van der Waals surface area contributed by atoms with Crippen molar-refractivity contribution in [1.82, 2.24) is 0 Å². The number of rotatable bonds is 5. The number of ketones is 1. The summed E-state index contributed by atoms with van der Waals surface area (Å²) in [6.07, 6.45) is 1.77. The number of fused-ring (bicyclic) bond motifs is 1. The van der Waals surface area contributed by atoms with Gasteiger partial charge in [-0.25, -0.2) is 4.39 Å². The molecule has 0 radical (unpaired) electrons. The van der Waals surface area contributed by atoms with Crippen LogP contribution in [0.2, 0.25) is 0 Å². The zero-order chi connectivity index (χ0) is 21.3. The zero-order valence-electron chi connectivity index (χ0n) is 17.2. The molecule has 0 saturated carbocycles. The van der Waals surface area contributed by atoms with Crippen LogP contribution in [-0.4, -0.2) is 5.78 Å². The molecular formula is C26H23FO3. The summed E-state index contributed by atoms with van der Waals surface area (Å²) in [6.45, 7) is 6.46. The molecule has 0 saturated heterocycles. The largest absolute Gasteiger partial charge is 0.488 e. The van der Waals surface area contributed by atoms with Gasteiger partial charge in [-0.1, -0.05) is 50.2 Å². The van der Waals surface area contributed by atoms with Crippen LogP contribution in [0.1, 0.15) is 52.4 Å². The molecule has 152 valence electrons. The minimum Gasteiger partial charge on any atom is -0.488 e. The third-order valence-corrected chi connectivity index (χ3v) is 5.25. The van der Waals surface area contributed by atoms with E-state index in [-0.39, 0.29) is 11.6 Å². The maximum Gasteiger partial charge on any atom is 0.231 e. The first-order valence-corrected chi connectivity index (χ1v) is 9.97. The Morgan fingerprint density at radius 3 is 2.37 bits per heavy atom. The number of carbonyl (C=O) groups is 1. The number of carbonyl (C=O) groups excluding carboxylic acids is 1. The molecule has 0 aliphatic carbocycles. The highest BCUT2D eigenvalue weighted by molar-refractivity contribution is 6.14. The Morgan fingerprint density at radius 1 is 1.00 bits per heavy atom. The number of benzene rings is 3. The number of hydrogen-bond acceptors (Lipinski definition) is 3. The molecule has 4 heteroatoms. The van der Waals surface area contributed by atoms with Gasteiger partial charge >= 0.3 is 0 Å². The van der Waals surface area contributed by atoms with E-state index in [4.69, 9.17) is 9.47 Å². The van der Waals surface area contributed by atoms with E-state index in [2.05, 4.69) is 26.0 Å². The van der Waals surface area contributed by atoms with E-state index in [1.165, 1.54) is 17.7 Å². The molecular weight excluding hydrogens is 379 g/mol. The van der Waals surface area contributed by atoms with Crippen LogP contribution in [0.4, 0.5) is 4.39 Å². The van der Waals surface area contributed by atoms with Gasteiger partial charge in [0, 0.05) is 5.56 Å². The van der Waals surface area contributed by atoms with E-state index in [0.717, 1.165) is 16.7 Å². The lowest BCUT2D eigenvalue weighted by Gasteiger charge is -2.11. The van der Waals surface area contributed by atoms with Crippen molar-refractivity contribution in [2.75, 3.05) is 0 Å². The molecule has 3 nitrogen and oxygen atoms in total. The van der Waals surface area contributed by atoms with Crippen LogP contribution >= 0.6 is 0 Å². The van der Waals surface area contributed by atoms with Crippen LogP contribution in [0.3, 0.4) is 0 Å². The van der Waals surface area contributed by atoms with Gasteiger partial charge in [-0.2, -0.15) is 0 Å². The Kier molecular flexibility index (Phi) is 5.40. The highest BCUT2D eigenvalue weighted by atomic mass is 19.1. The lowest BCUT2D eigenvalue weighted by atomic mass is 10.0. The van der Waals surface area contributed by atoms with Gasteiger partial charge in [-0.15, -0.1) is 0 Å². The molecule has 0 aromatic heterocycles. The molecule has 4 rings (SSSR count). The van der Waals surface area contributed by atoms with Crippen molar-refractivity contribution in [2.24, 2.45) is 0 Å². The van der Waals surface area contributed by atoms with E-state index in [9.17, 15) is 9.18 Å². The molecule has 0 N–H and O–H groups in total. The van der Waals surface area contributed by atoms with E-state index in [1.807, 2.05) is 19.1 Å². The van der Waals surface area contributed by atoms with Crippen molar-refractivity contribution in [3.63, 3.8) is 0 Å². The van der Waals surface area contributed by atoms with E-state index in [1.54, 1.807) is 30.3 Å². The van der Waals surface area contributed by atoms with Gasteiger partial charge in [0.25, 0.3) is 0 Å². The van der Waals surface area contributed by atoms with Gasteiger partial charge in [-0.05, 0) is 59.9 Å². The summed E-state index contributed by atoms with van der Waals surface area (Å²) in [5, 5.41) is 0. The first kappa shape index (κ1) is 19.9. The van der Waals surface area contributed by atoms with Crippen LogP contribution in [0.15, 0.2) is 66.4 Å². The first-order chi connectivity index (χ1) is 14.4. The summed E-state index contributed by atoms with van der Waals surface area (Å²) in [7, 11) is 0. The van der Waals surface area contributed by atoms with Crippen molar-refractivity contribution in [1.29, 1.82) is 0 Å². The quantitative estimate of drug-likeness (QED) is 0.460. The maximum absolute atomic E-state index is 13.1. The lowest BCUT2D eigenvalue weighted by Crippen LogP contribution is -1.98. The van der Waals surface area contributed by atoms with Crippen LogP contribution in [0.25, 0.3) is 6.08 Å². The van der Waals surface area contributed by atoms with Crippen molar-refractivity contribution >= 4 is 11.9 Å².